The molecule has 0 radical (unpaired) electrons. The van der Waals surface area contributed by atoms with Crippen molar-refractivity contribution in [2.24, 2.45) is 0 Å². The van der Waals surface area contributed by atoms with Gasteiger partial charge in [0.2, 0.25) is 0 Å². The fourth-order valence-corrected chi connectivity index (χ4v) is 1.99. The third-order valence-corrected chi connectivity index (χ3v) is 2.67. The number of rotatable bonds is 1. The highest BCUT2D eigenvalue weighted by Crippen LogP contribution is 2.26. The first-order chi connectivity index (χ1) is 7.31. The Morgan fingerprint density at radius 2 is 2.27 bits per heavy atom. The van der Waals surface area contributed by atoms with Crippen LogP contribution < -0.4 is 4.90 Å². The number of anilines is 1. The minimum absolute atomic E-state index is 0.265. The molecule has 2 rings (SSSR count). The van der Waals surface area contributed by atoms with Crippen LogP contribution >= 0.6 is 0 Å². The lowest BCUT2D eigenvalue weighted by Crippen LogP contribution is -2.38. The highest BCUT2D eigenvalue weighted by Gasteiger charge is 2.21. The van der Waals surface area contributed by atoms with Gasteiger partial charge < -0.3 is 10.0 Å². The summed E-state index contributed by atoms with van der Waals surface area (Å²) < 4.78 is 0. The van der Waals surface area contributed by atoms with Crippen LogP contribution in [0.3, 0.4) is 0 Å². The van der Waals surface area contributed by atoms with E-state index in [-0.39, 0.29) is 6.10 Å². The average molecular weight is 201 g/mol. The Balaban J connectivity index is 2.28. The topological polar surface area (TPSA) is 23.5 Å². The normalized spacial score (nSPS) is 19.1. The zero-order valence-electron chi connectivity index (χ0n) is 8.90. The molecule has 78 valence electrons. The standard InChI is InChI=1S/C13H15NO/c1-2-3-8-14-10-12(15)9-11-6-4-5-7-13(11)14/h4-7,12,15H,8-10H2,1H3. The SMILES string of the molecule is CC#CCN1CC(O)Cc2ccccc21. The molecule has 1 aliphatic heterocycles. The third-order valence-electron chi connectivity index (χ3n) is 2.67. The molecule has 1 heterocycles. The summed E-state index contributed by atoms with van der Waals surface area (Å²) in [7, 11) is 0. The molecule has 0 saturated heterocycles. The van der Waals surface area contributed by atoms with Crippen LogP contribution in [0.2, 0.25) is 0 Å². The smallest absolute Gasteiger partial charge is 0.0795 e. The van der Waals surface area contributed by atoms with Crippen LogP contribution in [0.15, 0.2) is 24.3 Å². The summed E-state index contributed by atoms with van der Waals surface area (Å²) in [4.78, 5) is 2.14. The van der Waals surface area contributed by atoms with Crippen LogP contribution in [0.5, 0.6) is 0 Å². The van der Waals surface area contributed by atoms with Gasteiger partial charge in [-0.1, -0.05) is 24.1 Å². The second-order valence-corrected chi connectivity index (χ2v) is 3.79. The molecular formula is C13H15NO. The first-order valence-electron chi connectivity index (χ1n) is 5.22. The van der Waals surface area contributed by atoms with E-state index < -0.39 is 0 Å². The quantitative estimate of drug-likeness (QED) is 0.695. The Bertz CT molecular complexity index is 402. The van der Waals surface area contributed by atoms with E-state index in [0.29, 0.717) is 13.1 Å². The van der Waals surface area contributed by atoms with E-state index in [4.69, 9.17) is 0 Å². The molecule has 1 atom stereocenters. The highest BCUT2D eigenvalue weighted by atomic mass is 16.3. The Hall–Kier alpha value is -1.46. The molecule has 0 bridgehead atoms. The molecule has 2 heteroatoms. The van der Waals surface area contributed by atoms with Crippen LogP contribution in [0.1, 0.15) is 12.5 Å². The number of benzene rings is 1. The second-order valence-electron chi connectivity index (χ2n) is 3.79. The van der Waals surface area contributed by atoms with E-state index in [1.807, 2.05) is 19.1 Å². The summed E-state index contributed by atoms with van der Waals surface area (Å²) in [5.74, 6) is 5.93. The molecular weight excluding hydrogens is 186 g/mol. The number of β-amino-alcohol motifs (C(OH)–C–C–N with tert-alkyl or cyclic N) is 1. The van der Waals surface area contributed by atoms with Gasteiger partial charge in [0.1, 0.15) is 0 Å². The van der Waals surface area contributed by atoms with Crippen LogP contribution in [0, 0.1) is 11.8 Å². The van der Waals surface area contributed by atoms with Crippen LogP contribution in [0.25, 0.3) is 0 Å². The van der Waals surface area contributed by atoms with Crippen LogP contribution in [0.4, 0.5) is 5.69 Å². The maximum Gasteiger partial charge on any atom is 0.0795 e. The summed E-state index contributed by atoms with van der Waals surface area (Å²) in [6.07, 6.45) is 0.491. The number of para-hydroxylation sites is 1. The monoisotopic (exact) mass is 201 g/mol. The predicted octanol–water partition coefficient (Wildman–Crippen LogP) is 1.43. The van der Waals surface area contributed by atoms with Gasteiger partial charge in [-0.15, -0.1) is 5.92 Å². The second kappa shape index (κ2) is 4.37. The molecule has 0 aliphatic carbocycles. The van der Waals surface area contributed by atoms with Crippen molar-refractivity contribution >= 4 is 5.69 Å². The van der Waals surface area contributed by atoms with E-state index in [1.54, 1.807) is 0 Å². The largest absolute Gasteiger partial charge is 0.391 e. The summed E-state index contributed by atoms with van der Waals surface area (Å²) >= 11 is 0. The summed E-state index contributed by atoms with van der Waals surface area (Å²) in [6.45, 7) is 3.22. The average Bonchev–Trinajstić information content (AvgIpc) is 2.25. The number of aliphatic hydroxyl groups is 1. The van der Waals surface area contributed by atoms with E-state index in [1.165, 1.54) is 11.3 Å². The minimum Gasteiger partial charge on any atom is -0.391 e. The van der Waals surface area contributed by atoms with Gasteiger partial charge in [-0.3, -0.25) is 0 Å². The molecule has 15 heavy (non-hydrogen) atoms. The van der Waals surface area contributed by atoms with Crippen molar-refractivity contribution in [1.29, 1.82) is 0 Å². The molecule has 0 aromatic heterocycles. The van der Waals surface area contributed by atoms with Crippen LogP contribution in [-0.2, 0) is 6.42 Å². The fraction of sp³-hybridized carbons (Fsp3) is 0.385. The van der Waals surface area contributed by atoms with Gasteiger partial charge in [0, 0.05) is 18.7 Å². The number of hydrogen-bond donors (Lipinski definition) is 1. The lowest BCUT2D eigenvalue weighted by atomic mass is 10.00. The third kappa shape index (κ3) is 2.14. The zero-order valence-corrected chi connectivity index (χ0v) is 8.90. The van der Waals surface area contributed by atoms with Crippen molar-refractivity contribution in [2.45, 2.75) is 19.4 Å². The first kappa shape index (κ1) is 10.1. The Kier molecular flexibility index (Phi) is 2.94. The van der Waals surface area contributed by atoms with Crippen molar-refractivity contribution in [2.75, 3.05) is 18.0 Å². The zero-order chi connectivity index (χ0) is 10.7. The van der Waals surface area contributed by atoms with Gasteiger partial charge in [-0.25, -0.2) is 0 Å². The molecule has 2 nitrogen and oxygen atoms in total. The first-order valence-corrected chi connectivity index (χ1v) is 5.22. The van der Waals surface area contributed by atoms with Gasteiger partial charge >= 0.3 is 0 Å². The summed E-state index contributed by atoms with van der Waals surface area (Å²) in [5.41, 5.74) is 2.43. The maximum atomic E-state index is 9.74. The van der Waals surface area contributed by atoms with Gasteiger partial charge in [0.05, 0.1) is 12.6 Å². The number of fused-ring (bicyclic) bond motifs is 1. The van der Waals surface area contributed by atoms with Crippen molar-refractivity contribution in [1.82, 2.24) is 0 Å². The van der Waals surface area contributed by atoms with E-state index in [0.717, 1.165) is 6.42 Å². The number of hydrogen-bond acceptors (Lipinski definition) is 2. The molecule has 0 saturated carbocycles. The molecule has 1 N–H and O–H groups in total. The number of nitrogens with zero attached hydrogens (tertiary/aromatic N) is 1. The fourth-order valence-electron chi connectivity index (χ4n) is 1.99. The lowest BCUT2D eigenvalue weighted by molar-refractivity contribution is 0.176. The van der Waals surface area contributed by atoms with Crippen molar-refractivity contribution < 1.29 is 5.11 Å². The molecule has 1 aromatic rings. The minimum atomic E-state index is -0.265. The molecule has 0 amide bonds. The molecule has 1 unspecified atom stereocenters. The van der Waals surface area contributed by atoms with Crippen LogP contribution in [-0.4, -0.2) is 24.3 Å². The van der Waals surface area contributed by atoms with Crippen molar-refractivity contribution in [3.8, 4) is 11.8 Å². The van der Waals surface area contributed by atoms with Gasteiger partial charge in [0.15, 0.2) is 0 Å². The van der Waals surface area contributed by atoms with Crippen molar-refractivity contribution in [3.05, 3.63) is 29.8 Å². The van der Waals surface area contributed by atoms with E-state index in [9.17, 15) is 5.11 Å². The Morgan fingerprint density at radius 1 is 1.47 bits per heavy atom. The van der Waals surface area contributed by atoms with Gasteiger partial charge in [0.25, 0.3) is 0 Å². The maximum absolute atomic E-state index is 9.74. The molecule has 1 aliphatic rings. The van der Waals surface area contributed by atoms with E-state index in [2.05, 4.69) is 28.9 Å². The predicted molar refractivity (Wildman–Crippen MR) is 61.8 cm³/mol. The Labute approximate surface area is 90.5 Å². The molecule has 0 fully saturated rings. The van der Waals surface area contributed by atoms with E-state index >= 15 is 0 Å². The lowest BCUT2D eigenvalue weighted by Gasteiger charge is -2.32. The molecule has 0 spiro atoms. The Morgan fingerprint density at radius 3 is 3.07 bits per heavy atom. The van der Waals surface area contributed by atoms with Gasteiger partial charge in [-0.2, -0.15) is 0 Å². The van der Waals surface area contributed by atoms with Gasteiger partial charge in [-0.05, 0) is 18.6 Å². The summed E-state index contributed by atoms with van der Waals surface area (Å²) in [5, 5.41) is 9.74. The summed E-state index contributed by atoms with van der Waals surface area (Å²) in [6, 6.07) is 8.21. The number of aliphatic hydroxyl groups excluding tert-OH is 1. The molecule has 1 aromatic carbocycles. The highest BCUT2D eigenvalue weighted by molar-refractivity contribution is 5.56. The van der Waals surface area contributed by atoms with Crippen molar-refractivity contribution in [3.63, 3.8) is 0 Å².